The molecule has 3 rings (SSSR count). The average molecular weight is 377 g/mol. The van der Waals surface area contributed by atoms with Gasteiger partial charge in [0, 0.05) is 32.5 Å². The van der Waals surface area contributed by atoms with Crippen molar-refractivity contribution in [1.29, 1.82) is 0 Å². The standard InChI is InChI=1S/C19H31N5O3/c1-26-14-8-6-12(7-9-14)23-19-21-11-16(17(20)25)18(24-19)22-13-4-3-5-15(10-13)27-2/h11-15H,3-10H2,1-2H3,(H2,20,25)(H2,21,22,23,24). The zero-order chi connectivity index (χ0) is 19.2. The summed E-state index contributed by atoms with van der Waals surface area (Å²) in [6.07, 6.45) is 10.2. The summed E-state index contributed by atoms with van der Waals surface area (Å²) in [5.74, 6) is 0.513. The monoisotopic (exact) mass is 377 g/mol. The fourth-order valence-corrected chi connectivity index (χ4v) is 4.05. The van der Waals surface area contributed by atoms with Crippen LogP contribution < -0.4 is 16.4 Å². The number of amides is 1. The Morgan fingerprint density at radius 2 is 1.78 bits per heavy atom. The summed E-state index contributed by atoms with van der Waals surface area (Å²) in [5, 5.41) is 6.79. The number of nitrogens with one attached hydrogen (secondary N) is 2. The number of hydrogen-bond donors (Lipinski definition) is 3. The van der Waals surface area contributed by atoms with Crippen molar-refractivity contribution in [2.24, 2.45) is 5.73 Å². The molecule has 1 aromatic rings. The van der Waals surface area contributed by atoms with Crippen molar-refractivity contribution in [2.45, 2.75) is 75.7 Å². The summed E-state index contributed by atoms with van der Waals surface area (Å²) in [5.41, 5.74) is 5.84. The fourth-order valence-electron chi connectivity index (χ4n) is 4.05. The average Bonchev–Trinajstić information content (AvgIpc) is 2.68. The Bertz CT molecular complexity index is 634. The van der Waals surface area contributed by atoms with E-state index in [1.807, 2.05) is 0 Å². The van der Waals surface area contributed by atoms with E-state index in [0.29, 0.717) is 29.5 Å². The summed E-state index contributed by atoms with van der Waals surface area (Å²) in [7, 11) is 3.51. The topological polar surface area (TPSA) is 111 Å². The van der Waals surface area contributed by atoms with Gasteiger partial charge in [0.2, 0.25) is 5.95 Å². The van der Waals surface area contributed by atoms with Gasteiger partial charge in [-0.25, -0.2) is 4.98 Å². The van der Waals surface area contributed by atoms with Crippen LogP contribution in [-0.4, -0.2) is 54.4 Å². The maximum Gasteiger partial charge on any atom is 0.254 e. The highest BCUT2D eigenvalue weighted by Gasteiger charge is 2.25. The number of carbonyl (C=O) groups excluding carboxylic acids is 1. The van der Waals surface area contributed by atoms with Gasteiger partial charge in [0.05, 0.1) is 17.8 Å². The Hall–Kier alpha value is -1.93. The van der Waals surface area contributed by atoms with Crippen LogP contribution in [0.25, 0.3) is 0 Å². The van der Waals surface area contributed by atoms with Gasteiger partial charge >= 0.3 is 0 Å². The molecule has 0 spiro atoms. The van der Waals surface area contributed by atoms with Crippen LogP contribution in [-0.2, 0) is 9.47 Å². The van der Waals surface area contributed by atoms with Gasteiger partial charge in [-0.3, -0.25) is 4.79 Å². The van der Waals surface area contributed by atoms with Crippen molar-refractivity contribution in [3.8, 4) is 0 Å². The third kappa shape index (κ3) is 5.29. The maximum absolute atomic E-state index is 11.8. The molecule has 2 saturated carbocycles. The predicted octanol–water partition coefficient (Wildman–Crippen LogP) is 2.31. The lowest BCUT2D eigenvalue weighted by Crippen LogP contribution is -2.33. The van der Waals surface area contributed by atoms with Gasteiger partial charge in [0.15, 0.2) is 0 Å². The molecular formula is C19H31N5O3. The number of carbonyl (C=O) groups is 1. The van der Waals surface area contributed by atoms with Gasteiger partial charge in [-0.2, -0.15) is 4.98 Å². The molecule has 2 atom stereocenters. The number of methoxy groups -OCH3 is 2. The van der Waals surface area contributed by atoms with Crippen LogP contribution in [0.3, 0.4) is 0 Å². The maximum atomic E-state index is 11.8. The SMILES string of the molecule is COC1CCC(Nc2ncc(C(N)=O)c(NC3CCCC(OC)C3)n2)CC1. The number of primary amides is 1. The molecule has 0 aliphatic heterocycles. The van der Waals surface area contributed by atoms with E-state index in [2.05, 4.69) is 20.6 Å². The molecule has 0 saturated heterocycles. The number of aromatic nitrogens is 2. The van der Waals surface area contributed by atoms with E-state index in [1.165, 1.54) is 6.20 Å². The van der Waals surface area contributed by atoms with Gasteiger partial charge in [-0.15, -0.1) is 0 Å². The van der Waals surface area contributed by atoms with E-state index in [-0.39, 0.29) is 12.1 Å². The molecule has 2 aliphatic carbocycles. The van der Waals surface area contributed by atoms with Crippen molar-refractivity contribution in [3.05, 3.63) is 11.8 Å². The third-order valence-corrected chi connectivity index (χ3v) is 5.70. The second-order valence-corrected chi connectivity index (χ2v) is 7.54. The van der Waals surface area contributed by atoms with Crippen LogP contribution in [0.1, 0.15) is 61.7 Å². The molecule has 8 nitrogen and oxygen atoms in total. The third-order valence-electron chi connectivity index (χ3n) is 5.70. The van der Waals surface area contributed by atoms with Crippen molar-refractivity contribution in [1.82, 2.24) is 9.97 Å². The Morgan fingerprint density at radius 1 is 1.04 bits per heavy atom. The van der Waals surface area contributed by atoms with Crippen LogP contribution in [0.15, 0.2) is 6.20 Å². The minimum absolute atomic E-state index is 0.210. The van der Waals surface area contributed by atoms with Gasteiger partial charge in [0.1, 0.15) is 5.82 Å². The zero-order valence-electron chi connectivity index (χ0n) is 16.2. The largest absolute Gasteiger partial charge is 0.381 e. The van der Waals surface area contributed by atoms with E-state index in [4.69, 9.17) is 15.2 Å². The number of ether oxygens (including phenoxy) is 2. The van der Waals surface area contributed by atoms with Crippen LogP contribution >= 0.6 is 0 Å². The summed E-state index contributed by atoms with van der Waals surface area (Å²) >= 11 is 0. The summed E-state index contributed by atoms with van der Waals surface area (Å²) in [4.78, 5) is 20.7. The molecular weight excluding hydrogens is 346 g/mol. The first kappa shape index (κ1) is 19.8. The van der Waals surface area contributed by atoms with Gasteiger partial charge < -0.3 is 25.8 Å². The van der Waals surface area contributed by atoms with E-state index < -0.39 is 5.91 Å². The normalized spacial score (nSPS) is 28.5. The molecule has 1 amide bonds. The Morgan fingerprint density at radius 3 is 2.44 bits per heavy atom. The molecule has 2 aliphatic rings. The Kier molecular flexibility index (Phi) is 6.84. The van der Waals surface area contributed by atoms with Gasteiger partial charge in [-0.05, 0) is 51.4 Å². The number of nitrogens with two attached hydrogens (primary N) is 1. The van der Waals surface area contributed by atoms with Crippen LogP contribution in [0, 0.1) is 0 Å². The Labute approximate surface area is 160 Å². The first-order valence-corrected chi connectivity index (χ1v) is 9.84. The van der Waals surface area contributed by atoms with E-state index >= 15 is 0 Å². The first-order chi connectivity index (χ1) is 13.1. The fraction of sp³-hybridized carbons (Fsp3) is 0.737. The smallest absolute Gasteiger partial charge is 0.254 e. The lowest BCUT2D eigenvalue weighted by atomic mass is 9.92. The first-order valence-electron chi connectivity index (χ1n) is 9.84. The summed E-state index contributed by atoms with van der Waals surface area (Å²) < 4.78 is 10.9. The number of anilines is 2. The second-order valence-electron chi connectivity index (χ2n) is 7.54. The van der Waals surface area contributed by atoms with Crippen molar-refractivity contribution < 1.29 is 14.3 Å². The zero-order valence-corrected chi connectivity index (χ0v) is 16.2. The minimum Gasteiger partial charge on any atom is -0.381 e. The molecule has 27 heavy (non-hydrogen) atoms. The van der Waals surface area contributed by atoms with E-state index in [9.17, 15) is 4.79 Å². The highest BCUT2D eigenvalue weighted by molar-refractivity contribution is 5.97. The van der Waals surface area contributed by atoms with Crippen molar-refractivity contribution in [2.75, 3.05) is 24.9 Å². The lowest BCUT2D eigenvalue weighted by Gasteiger charge is -2.30. The lowest BCUT2D eigenvalue weighted by molar-refractivity contribution is 0.0668. The summed E-state index contributed by atoms with van der Waals surface area (Å²) in [6, 6.07) is 0.526. The van der Waals surface area contributed by atoms with E-state index in [1.54, 1.807) is 14.2 Å². The van der Waals surface area contributed by atoms with Crippen LogP contribution in [0.5, 0.6) is 0 Å². The highest BCUT2D eigenvalue weighted by Crippen LogP contribution is 2.26. The van der Waals surface area contributed by atoms with Gasteiger partial charge in [0.25, 0.3) is 5.91 Å². The molecule has 0 bridgehead atoms. The van der Waals surface area contributed by atoms with Gasteiger partial charge in [-0.1, -0.05) is 0 Å². The molecule has 1 heterocycles. The minimum atomic E-state index is -0.524. The molecule has 2 unspecified atom stereocenters. The number of nitrogens with zero attached hydrogens (tertiary/aromatic N) is 2. The highest BCUT2D eigenvalue weighted by atomic mass is 16.5. The second kappa shape index (κ2) is 9.32. The Balaban J connectivity index is 1.68. The van der Waals surface area contributed by atoms with Crippen molar-refractivity contribution >= 4 is 17.7 Å². The molecule has 150 valence electrons. The molecule has 2 fully saturated rings. The van der Waals surface area contributed by atoms with Crippen molar-refractivity contribution in [3.63, 3.8) is 0 Å². The molecule has 0 radical (unpaired) electrons. The number of rotatable bonds is 7. The molecule has 1 aromatic heterocycles. The van der Waals surface area contributed by atoms with Crippen LogP contribution in [0.2, 0.25) is 0 Å². The molecule has 0 aromatic carbocycles. The van der Waals surface area contributed by atoms with Crippen LogP contribution in [0.4, 0.5) is 11.8 Å². The van der Waals surface area contributed by atoms with E-state index in [0.717, 1.165) is 51.4 Å². The molecule has 4 N–H and O–H groups in total. The molecule has 8 heteroatoms. The predicted molar refractivity (Wildman–Crippen MR) is 104 cm³/mol. The number of hydrogen-bond acceptors (Lipinski definition) is 7. The quantitative estimate of drug-likeness (QED) is 0.668. The summed E-state index contributed by atoms with van der Waals surface area (Å²) in [6.45, 7) is 0.